The Bertz CT molecular complexity index is 533. The quantitative estimate of drug-likeness (QED) is 0.419. The van der Waals surface area contributed by atoms with Crippen LogP contribution in [0.4, 0.5) is 10.5 Å². The van der Waals surface area contributed by atoms with Gasteiger partial charge in [0.1, 0.15) is 6.04 Å². The van der Waals surface area contributed by atoms with Gasteiger partial charge in [-0.2, -0.15) is 0 Å². The molecule has 1 unspecified atom stereocenters. The summed E-state index contributed by atoms with van der Waals surface area (Å²) in [6.45, 7) is -0.360. The number of aliphatic hydroxyl groups is 1. The van der Waals surface area contributed by atoms with Crippen LogP contribution < -0.4 is 10.6 Å². The van der Waals surface area contributed by atoms with Gasteiger partial charge < -0.3 is 20.8 Å². The van der Waals surface area contributed by atoms with Crippen LogP contribution in [0.15, 0.2) is 24.3 Å². The number of aliphatic hydroxyl groups excluding tert-OH is 1. The van der Waals surface area contributed by atoms with Crippen LogP contribution in [0.2, 0.25) is 0 Å². The Labute approximate surface area is 119 Å². The van der Waals surface area contributed by atoms with Gasteiger partial charge in [-0.1, -0.05) is 12.1 Å². The van der Waals surface area contributed by atoms with Gasteiger partial charge in [-0.3, -0.25) is 10.1 Å². The van der Waals surface area contributed by atoms with E-state index in [1.165, 1.54) is 18.2 Å². The number of carboxylic acid groups (broad SMARTS) is 1. The Morgan fingerprint density at radius 1 is 1.38 bits per heavy atom. The van der Waals surface area contributed by atoms with Crippen molar-refractivity contribution in [2.24, 2.45) is 0 Å². The molecule has 0 saturated carbocycles. The van der Waals surface area contributed by atoms with E-state index in [2.05, 4.69) is 10.6 Å². The highest BCUT2D eigenvalue weighted by Gasteiger charge is 2.18. The van der Waals surface area contributed by atoms with E-state index in [1.54, 1.807) is 6.07 Å². The fourth-order valence-electron chi connectivity index (χ4n) is 1.56. The second-order valence-electron chi connectivity index (χ2n) is 4.16. The van der Waals surface area contributed by atoms with Gasteiger partial charge >= 0.3 is 12.0 Å². The fraction of sp³-hybridized carbons (Fsp3) is 0.333. The Morgan fingerprint density at radius 2 is 2.10 bits per heavy atom. The molecule has 1 aromatic carbocycles. The average Bonchev–Trinajstić information content (AvgIpc) is 2.45. The first-order valence-corrected chi connectivity index (χ1v) is 6.05. The van der Waals surface area contributed by atoms with E-state index in [9.17, 15) is 19.7 Å². The molecule has 1 aromatic rings. The lowest BCUT2D eigenvalue weighted by Crippen LogP contribution is -2.46. The molecule has 0 aliphatic rings. The van der Waals surface area contributed by atoms with E-state index in [0.717, 1.165) is 0 Å². The first-order chi connectivity index (χ1) is 9.93. The average molecular weight is 297 g/mol. The second-order valence-corrected chi connectivity index (χ2v) is 4.16. The van der Waals surface area contributed by atoms with Crippen molar-refractivity contribution in [3.63, 3.8) is 0 Å². The summed E-state index contributed by atoms with van der Waals surface area (Å²) in [5, 5.41) is 32.7. The smallest absolute Gasteiger partial charge is 0.326 e. The van der Waals surface area contributed by atoms with Crippen LogP contribution >= 0.6 is 0 Å². The molecule has 1 rings (SSSR count). The van der Waals surface area contributed by atoms with E-state index in [0.29, 0.717) is 5.56 Å². The number of benzene rings is 1. The number of carboxylic acids is 1. The van der Waals surface area contributed by atoms with Crippen LogP contribution in [0.1, 0.15) is 12.0 Å². The molecule has 0 heterocycles. The van der Waals surface area contributed by atoms with Crippen LogP contribution in [0.25, 0.3) is 0 Å². The second kappa shape index (κ2) is 7.80. The van der Waals surface area contributed by atoms with Crippen molar-refractivity contribution < 1.29 is 24.7 Å². The van der Waals surface area contributed by atoms with Gasteiger partial charge in [0.05, 0.1) is 4.92 Å². The maximum atomic E-state index is 11.5. The number of amides is 2. The lowest BCUT2D eigenvalue weighted by Gasteiger charge is -2.14. The van der Waals surface area contributed by atoms with Crippen molar-refractivity contribution in [3.05, 3.63) is 39.9 Å². The Morgan fingerprint density at radius 3 is 2.67 bits per heavy atom. The van der Waals surface area contributed by atoms with Gasteiger partial charge in [0.25, 0.3) is 5.69 Å². The summed E-state index contributed by atoms with van der Waals surface area (Å²) in [6.07, 6.45) is -0.112. The number of aliphatic carboxylic acids is 1. The zero-order valence-corrected chi connectivity index (χ0v) is 11.0. The number of carbonyl (C=O) groups is 2. The zero-order valence-electron chi connectivity index (χ0n) is 11.0. The number of hydrogen-bond acceptors (Lipinski definition) is 5. The minimum absolute atomic E-state index is 0.0129. The van der Waals surface area contributed by atoms with Gasteiger partial charge in [0.15, 0.2) is 0 Å². The van der Waals surface area contributed by atoms with Crippen molar-refractivity contribution in [2.45, 2.75) is 19.0 Å². The molecule has 0 radical (unpaired) electrons. The monoisotopic (exact) mass is 297 g/mol. The highest BCUT2D eigenvalue weighted by molar-refractivity contribution is 5.82. The summed E-state index contributed by atoms with van der Waals surface area (Å²) in [5.74, 6) is -1.26. The standard InChI is InChI=1S/C12H15N3O6/c16-5-4-10(11(17)18)14-12(19)13-7-8-2-1-3-9(6-8)15(20)21/h1-3,6,10,16H,4-5,7H2,(H,17,18)(H2,13,14,19). The minimum atomic E-state index is -1.26. The molecule has 0 bridgehead atoms. The molecule has 2 amide bonds. The highest BCUT2D eigenvalue weighted by atomic mass is 16.6. The molecule has 9 heteroatoms. The lowest BCUT2D eigenvalue weighted by molar-refractivity contribution is -0.384. The predicted octanol–water partition coefficient (Wildman–Crippen LogP) is 0.230. The molecule has 21 heavy (non-hydrogen) atoms. The summed E-state index contributed by atoms with van der Waals surface area (Å²) < 4.78 is 0. The molecule has 114 valence electrons. The maximum absolute atomic E-state index is 11.5. The van der Waals surface area contributed by atoms with Crippen molar-refractivity contribution in [1.29, 1.82) is 0 Å². The molecule has 0 aliphatic carbocycles. The molecule has 0 aromatic heterocycles. The summed E-state index contributed by atoms with van der Waals surface area (Å²) >= 11 is 0. The maximum Gasteiger partial charge on any atom is 0.326 e. The zero-order chi connectivity index (χ0) is 15.8. The van der Waals surface area contributed by atoms with Crippen molar-refractivity contribution in [1.82, 2.24) is 10.6 Å². The topological polar surface area (TPSA) is 142 Å². The van der Waals surface area contributed by atoms with Crippen molar-refractivity contribution >= 4 is 17.7 Å². The van der Waals surface area contributed by atoms with Crippen LogP contribution in [0.3, 0.4) is 0 Å². The molecular formula is C12H15N3O6. The van der Waals surface area contributed by atoms with Crippen molar-refractivity contribution in [3.8, 4) is 0 Å². The van der Waals surface area contributed by atoms with Gasteiger partial charge in [-0.25, -0.2) is 9.59 Å². The van der Waals surface area contributed by atoms with Crippen LogP contribution in [0, 0.1) is 10.1 Å². The van der Waals surface area contributed by atoms with Gasteiger partial charge in [0.2, 0.25) is 0 Å². The molecule has 0 fully saturated rings. The first-order valence-electron chi connectivity index (χ1n) is 6.05. The van der Waals surface area contributed by atoms with E-state index >= 15 is 0 Å². The highest BCUT2D eigenvalue weighted by Crippen LogP contribution is 2.12. The number of nitro benzene ring substituents is 1. The first kappa shape index (κ1) is 16.4. The van der Waals surface area contributed by atoms with Gasteiger partial charge in [-0.05, 0) is 5.56 Å². The molecule has 0 aliphatic heterocycles. The lowest BCUT2D eigenvalue weighted by atomic mass is 10.2. The third-order valence-corrected chi connectivity index (χ3v) is 2.60. The summed E-state index contributed by atoms with van der Waals surface area (Å²) in [7, 11) is 0. The van der Waals surface area contributed by atoms with E-state index in [1.807, 2.05) is 0 Å². The Hall–Kier alpha value is -2.68. The number of hydrogen-bond donors (Lipinski definition) is 4. The minimum Gasteiger partial charge on any atom is -0.480 e. The normalized spacial score (nSPS) is 11.5. The number of nitrogens with one attached hydrogen (secondary N) is 2. The third-order valence-electron chi connectivity index (χ3n) is 2.60. The predicted molar refractivity (Wildman–Crippen MR) is 71.6 cm³/mol. The van der Waals surface area contributed by atoms with E-state index in [4.69, 9.17) is 10.2 Å². The van der Waals surface area contributed by atoms with Crippen LogP contribution in [-0.2, 0) is 11.3 Å². The number of urea groups is 1. The van der Waals surface area contributed by atoms with E-state index < -0.39 is 23.0 Å². The number of nitrogens with zero attached hydrogens (tertiary/aromatic N) is 1. The largest absolute Gasteiger partial charge is 0.480 e. The number of nitro groups is 1. The SMILES string of the molecule is O=C(NCc1cccc([N+](=O)[O-])c1)NC(CCO)C(=O)O. The van der Waals surface area contributed by atoms with Crippen molar-refractivity contribution in [2.75, 3.05) is 6.61 Å². The Kier molecular flexibility index (Phi) is 6.08. The summed E-state index contributed by atoms with van der Waals surface area (Å²) in [6, 6.07) is 3.78. The van der Waals surface area contributed by atoms with Gasteiger partial charge in [0, 0.05) is 31.7 Å². The number of carbonyl (C=O) groups excluding carboxylic acids is 1. The molecule has 0 spiro atoms. The molecule has 0 saturated heterocycles. The molecule has 4 N–H and O–H groups in total. The van der Waals surface area contributed by atoms with Crippen LogP contribution in [0.5, 0.6) is 0 Å². The van der Waals surface area contributed by atoms with Crippen LogP contribution in [-0.4, -0.2) is 39.8 Å². The number of non-ortho nitro benzene ring substituents is 1. The molecule has 1 atom stereocenters. The Balaban J connectivity index is 2.54. The summed E-state index contributed by atoms with van der Waals surface area (Å²) in [4.78, 5) is 32.4. The summed E-state index contributed by atoms with van der Waals surface area (Å²) in [5.41, 5.74) is 0.409. The third kappa shape index (κ3) is 5.45. The molecule has 9 nitrogen and oxygen atoms in total. The van der Waals surface area contributed by atoms with Gasteiger partial charge in [-0.15, -0.1) is 0 Å². The van der Waals surface area contributed by atoms with E-state index in [-0.39, 0.29) is 25.3 Å². The molecular weight excluding hydrogens is 282 g/mol. The fourth-order valence-corrected chi connectivity index (χ4v) is 1.56. The number of rotatable bonds is 7.